The SMILES string of the molecule is O=C(O)C1CC(Oc2ccccc2)C1. The number of rotatable bonds is 3. The van der Waals surface area contributed by atoms with E-state index >= 15 is 0 Å². The highest BCUT2D eigenvalue weighted by Crippen LogP contribution is 2.31. The molecule has 0 saturated heterocycles. The summed E-state index contributed by atoms with van der Waals surface area (Å²) < 4.78 is 5.57. The van der Waals surface area contributed by atoms with Gasteiger partial charge in [-0.25, -0.2) is 0 Å². The molecule has 0 heterocycles. The molecule has 1 fully saturated rings. The predicted octanol–water partition coefficient (Wildman–Crippen LogP) is 1.93. The van der Waals surface area contributed by atoms with Crippen LogP contribution in [0.1, 0.15) is 12.8 Å². The molecule has 1 aliphatic carbocycles. The third kappa shape index (κ3) is 1.87. The van der Waals surface area contributed by atoms with Crippen molar-refractivity contribution in [1.29, 1.82) is 0 Å². The number of carbonyl (C=O) groups is 1. The zero-order chi connectivity index (χ0) is 9.97. The highest BCUT2D eigenvalue weighted by Gasteiger charge is 2.35. The summed E-state index contributed by atoms with van der Waals surface area (Å²) in [6.45, 7) is 0. The maximum absolute atomic E-state index is 10.5. The lowest BCUT2D eigenvalue weighted by molar-refractivity contribution is -0.147. The monoisotopic (exact) mass is 192 g/mol. The van der Waals surface area contributed by atoms with E-state index < -0.39 is 5.97 Å². The Morgan fingerprint density at radius 1 is 1.29 bits per heavy atom. The number of hydrogen-bond acceptors (Lipinski definition) is 2. The van der Waals surface area contributed by atoms with Crippen LogP contribution in [0.5, 0.6) is 5.75 Å². The minimum absolute atomic E-state index is 0.0819. The molecule has 1 aromatic rings. The van der Waals surface area contributed by atoms with E-state index in [0.29, 0.717) is 12.8 Å². The molecule has 0 radical (unpaired) electrons. The highest BCUT2D eigenvalue weighted by molar-refractivity contribution is 5.71. The van der Waals surface area contributed by atoms with Crippen molar-refractivity contribution in [3.8, 4) is 5.75 Å². The van der Waals surface area contributed by atoms with E-state index in [2.05, 4.69) is 0 Å². The third-order valence-corrected chi connectivity index (χ3v) is 2.49. The number of para-hydroxylation sites is 1. The quantitative estimate of drug-likeness (QED) is 0.795. The van der Waals surface area contributed by atoms with Crippen LogP contribution in [0.25, 0.3) is 0 Å². The molecule has 0 aromatic heterocycles. The summed E-state index contributed by atoms with van der Waals surface area (Å²) in [6, 6.07) is 9.50. The Bertz CT molecular complexity index is 315. The van der Waals surface area contributed by atoms with Crippen molar-refractivity contribution in [2.24, 2.45) is 5.92 Å². The van der Waals surface area contributed by atoms with Crippen LogP contribution >= 0.6 is 0 Å². The molecule has 1 aliphatic rings. The minimum Gasteiger partial charge on any atom is -0.490 e. The summed E-state index contributed by atoms with van der Waals surface area (Å²) in [5, 5.41) is 8.66. The largest absolute Gasteiger partial charge is 0.490 e. The predicted molar refractivity (Wildman–Crippen MR) is 51.2 cm³/mol. The summed E-state index contributed by atoms with van der Waals surface area (Å²) in [6.07, 6.45) is 1.34. The van der Waals surface area contributed by atoms with Crippen LogP contribution in [0.4, 0.5) is 0 Å². The van der Waals surface area contributed by atoms with Crippen LogP contribution in [0, 0.1) is 5.92 Å². The lowest BCUT2D eigenvalue weighted by Gasteiger charge is -2.32. The summed E-state index contributed by atoms with van der Waals surface area (Å²) in [4.78, 5) is 10.5. The molecule has 14 heavy (non-hydrogen) atoms. The first-order valence-electron chi connectivity index (χ1n) is 4.70. The number of hydrogen-bond donors (Lipinski definition) is 1. The number of carboxylic acids is 1. The van der Waals surface area contributed by atoms with Crippen LogP contribution in [0.3, 0.4) is 0 Å². The number of carboxylic acid groups (broad SMARTS) is 1. The molecule has 0 unspecified atom stereocenters. The van der Waals surface area contributed by atoms with Crippen LogP contribution < -0.4 is 4.74 Å². The van der Waals surface area contributed by atoms with E-state index in [0.717, 1.165) is 5.75 Å². The molecular formula is C11H12O3. The zero-order valence-corrected chi connectivity index (χ0v) is 7.72. The first-order valence-corrected chi connectivity index (χ1v) is 4.70. The molecule has 3 heteroatoms. The van der Waals surface area contributed by atoms with Gasteiger partial charge in [-0.05, 0) is 25.0 Å². The lowest BCUT2D eigenvalue weighted by atomic mass is 9.82. The third-order valence-electron chi connectivity index (χ3n) is 2.49. The maximum Gasteiger partial charge on any atom is 0.306 e. The Labute approximate surface area is 82.3 Å². The van der Waals surface area contributed by atoms with Gasteiger partial charge in [0, 0.05) is 0 Å². The second-order valence-electron chi connectivity index (χ2n) is 3.56. The van der Waals surface area contributed by atoms with Gasteiger partial charge in [0.1, 0.15) is 11.9 Å². The second kappa shape index (κ2) is 3.70. The molecule has 1 saturated carbocycles. The summed E-state index contributed by atoms with van der Waals surface area (Å²) in [5.41, 5.74) is 0. The molecule has 1 N–H and O–H groups in total. The zero-order valence-electron chi connectivity index (χ0n) is 7.72. The van der Waals surface area contributed by atoms with E-state index in [4.69, 9.17) is 9.84 Å². The number of aliphatic carboxylic acids is 1. The standard InChI is InChI=1S/C11H12O3/c12-11(13)8-6-10(7-8)14-9-4-2-1-3-5-9/h1-5,8,10H,6-7H2,(H,12,13). The Morgan fingerprint density at radius 2 is 1.93 bits per heavy atom. The van der Waals surface area contributed by atoms with Gasteiger partial charge in [-0.15, -0.1) is 0 Å². The fraction of sp³-hybridized carbons (Fsp3) is 0.364. The molecule has 2 rings (SSSR count). The van der Waals surface area contributed by atoms with Gasteiger partial charge in [0.2, 0.25) is 0 Å². The Hall–Kier alpha value is -1.51. The van der Waals surface area contributed by atoms with Crippen LogP contribution in [0.2, 0.25) is 0 Å². The molecule has 0 spiro atoms. The second-order valence-corrected chi connectivity index (χ2v) is 3.56. The Kier molecular flexibility index (Phi) is 2.39. The van der Waals surface area contributed by atoms with Gasteiger partial charge in [0.15, 0.2) is 0 Å². The van der Waals surface area contributed by atoms with Crippen molar-refractivity contribution in [2.45, 2.75) is 18.9 Å². The Balaban J connectivity index is 1.82. The fourth-order valence-corrected chi connectivity index (χ4v) is 1.56. The topological polar surface area (TPSA) is 46.5 Å². The maximum atomic E-state index is 10.5. The normalized spacial score (nSPS) is 25.1. The number of benzene rings is 1. The number of ether oxygens (including phenoxy) is 1. The van der Waals surface area contributed by atoms with Crippen molar-refractivity contribution < 1.29 is 14.6 Å². The summed E-state index contributed by atoms with van der Waals surface area (Å²) >= 11 is 0. The van der Waals surface area contributed by atoms with Gasteiger partial charge in [-0.3, -0.25) is 4.79 Å². The fourth-order valence-electron chi connectivity index (χ4n) is 1.56. The van der Waals surface area contributed by atoms with Gasteiger partial charge in [-0.2, -0.15) is 0 Å². The molecule has 0 aliphatic heterocycles. The van der Waals surface area contributed by atoms with Crippen molar-refractivity contribution >= 4 is 5.97 Å². The van der Waals surface area contributed by atoms with Crippen molar-refractivity contribution in [1.82, 2.24) is 0 Å². The van der Waals surface area contributed by atoms with Crippen LogP contribution in [0.15, 0.2) is 30.3 Å². The molecule has 0 amide bonds. The van der Waals surface area contributed by atoms with Crippen molar-refractivity contribution in [3.05, 3.63) is 30.3 Å². The van der Waals surface area contributed by atoms with E-state index in [9.17, 15) is 4.79 Å². The average molecular weight is 192 g/mol. The van der Waals surface area contributed by atoms with Gasteiger partial charge in [-0.1, -0.05) is 18.2 Å². The van der Waals surface area contributed by atoms with E-state index in [1.807, 2.05) is 30.3 Å². The molecule has 74 valence electrons. The van der Waals surface area contributed by atoms with Gasteiger partial charge < -0.3 is 9.84 Å². The van der Waals surface area contributed by atoms with Gasteiger partial charge in [0.05, 0.1) is 5.92 Å². The summed E-state index contributed by atoms with van der Waals surface area (Å²) in [5.74, 6) is -0.0945. The van der Waals surface area contributed by atoms with Crippen molar-refractivity contribution in [3.63, 3.8) is 0 Å². The van der Waals surface area contributed by atoms with Crippen LogP contribution in [-0.4, -0.2) is 17.2 Å². The van der Waals surface area contributed by atoms with E-state index in [-0.39, 0.29) is 12.0 Å². The molecule has 3 nitrogen and oxygen atoms in total. The molecule has 0 bridgehead atoms. The Morgan fingerprint density at radius 3 is 2.50 bits per heavy atom. The van der Waals surface area contributed by atoms with Gasteiger partial charge in [0.25, 0.3) is 0 Å². The molecular weight excluding hydrogens is 180 g/mol. The highest BCUT2D eigenvalue weighted by atomic mass is 16.5. The van der Waals surface area contributed by atoms with Gasteiger partial charge >= 0.3 is 5.97 Å². The first-order chi connectivity index (χ1) is 6.75. The molecule has 0 atom stereocenters. The average Bonchev–Trinajstić information content (AvgIpc) is 2.12. The van der Waals surface area contributed by atoms with E-state index in [1.165, 1.54) is 0 Å². The first kappa shape index (κ1) is 9.06. The molecule has 1 aromatic carbocycles. The summed E-state index contributed by atoms with van der Waals surface area (Å²) in [7, 11) is 0. The van der Waals surface area contributed by atoms with Crippen LogP contribution in [-0.2, 0) is 4.79 Å². The smallest absolute Gasteiger partial charge is 0.306 e. The van der Waals surface area contributed by atoms with E-state index in [1.54, 1.807) is 0 Å². The minimum atomic E-state index is -0.710. The van der Waals surface area contributed by atoms with Crippen molar-refractivity contribution in [2.75, 3.05) is 0 Å². The lowest BCUT2D eigenvalue weighted by Crippen LogP contribution is -2.38.